The van der Waals surface area contributed by atoms with E-state index < -0.39 is 6.04 Å². The maximum Gasteiger partial charge on any atom is 0.261 e. The molecule has 0 aliphatic heterocycles. The molecule has 0 spiro atoms. The first-order chi connectivity index (χ1) is 18.5. The van der Waals surface area contributed by atoms with Crippen molar-refractivity contribution < 1.29 is 23.5 Å². The summed E-state index contributed by atoms with van der Waals surface area (Å²) in [4.78, 5) is 28.8. The van der Waals surface area contributed by atoms with E-state index in [-0.39, 0.29) is 37.3 Å². The van der Waals surface area contributed by atoms with Gasteiger partial charge in [0.1, 0.15) is 23.4 Å². The summed E-state index contributed by atoms with van der Waals surface area (Å²) in [7, 11) is 1.57. The summed E-state index contributed by atoms with van der Waals surface area (Å²) in [6.45, 7) is 0.0263. The molecule has 4 aromatic rings. The van der Waals surface area contributed by atoms with Crippen molar-refractivity contribution in [1.82, 2.24) is 10.2 Å². The third-order valence-electron chi connectivity index (χ3n) is 6.01. The molecule has 1 unspecified atom stereocenters. The molecule has 0 radical (unpaired) electrons. The van der Waals surface area contributed by atoms with Gasteiger partial charge in [-0.05, 0) is 41.5 Å². The fraction of sp³-hybridized carbons (Fsp3) is 0.161. The van der Waals surface area contributed by atoms with Crippen molar-refractivity contribution in [3.63, 3.8) is 0 Å². The van der Waals surface area contributed by atoms with Crippen molar-refractivity contribution >= 4 is 11.8 Å². The summed E-state index contributed by atoms with van der Waals surface area (Å²) in [6.07, 6.45) is 0. The van der Waals surface area contributed by atoms with Crippen LogP contribution >= 0.6 is 0 Å². The Bertz CT molecular complexity index is 1330. The maximum absolute atomic E-state index is 13.7. The van der Waals surface area contributed by atoms with Crippen molar-refractivity contribution in [1.29, 1.82) is 0 Å². The van der Waals surface area contributed by atoms with Gasteiger partial charge in [-0.1, -0.05) is 78.9 Å². The van der Waals surface area contributed by atoms with E-state index >= 15 is 0 Å². The van der Waals surface area contributed by atoms with Gasteiger partial charge in [0, 0.05) is 18.7 Å². The second-order valence-electron chi connectivity index (χ2n) is 8.59. The normalized spacial score (nSPS) is 11.3. The average molecular weight is 513 g/mol. The third-order valence-corrected chi connectivity index (χ3v) is 6.01. The Morgan fingerprint density at radius 3 is 2.16 bits per heavy atom. The van der Waals surface area contributed by atoms with Crippen LogP contribution in [0.4, 0.5) is 4.39 Å². The van der Waals surface area contributed by atoms with Gasteiger partial charge in [-0.3, -0.25) is 9.59 Å². The highest BCUT2D eigenvalue weighted by Crippen LogP contribution is 2.25. The second kappa shape index (κ2) is 13.1. The molecule has 194 valence electrons. The molecule has 1 atom stereocenters. The number of carbonyl (C=O) groups excluding carboxylic acids is 2. The fourth-order valence-corrected chi connectivity index (χ4v) is 4.09. The monoisotopic (exact) mass is 512 g/mol. The summed E-state index contributed by atoms with van der Waals surface area (Å²) >= 11 is 0. The number of halogens is 1. The van der Waals surface area contributed by atoms with Crippen molar-refractivity contribution in [2.45, 2.75) is 19.1 Å². The van der Waals surface area contributed by atoms with Crippen LogP contribution in [0.15, 0.2) is 109 Å². The first-order valence-corrected chi connectivity index (χ1v) is 12.2. The quantitative estimate of drug-likeness (QED) is 0.296. The highest BCUT2D eigenvalue weighted by Gasteiger charge is 2.32. The first-order valence-electron chi connectivity index (χ1n) is 12.2. The minimum Gasteiger partial charge on any atom is -0.496 e. The molecule has 0 aliphatic carbocycles. The van der Waals surface area contributed by atoms with Gasteiger partial charge in [-0.2, -0.15) is 0 Å². The van der Waals surface area contributed by atoms with Crippen LogP contribution in [-0.2, 0) is 22.7 Å². The molecule has 4 aromatic carbocycles. The van der Waals surface area contributed by atoms with Gasteiger partial charge < -0.3 is 19.7 Å². The minimum atomic E-state index is -0.956. The van der Waals surface area contributed by atoms with E-state index in [2.05, 4.69) is 5.32 Å². The van der Waals surface area contributed by atoms with E-state index in [9.17, 15) is 14.0 Å². The molecule has 1 N–H and O–H groups in total. The topological polar surface area (TPSA) is 67.9 Å². The minimum absolute atomic E-state index is 0.0822. The van der Waals surface area contributed by atoms with Crippen molar-refractivity contribution in [2.24, 2.45) is 0 Å². The molecule has 2 amide bonds. The Kier molecular flexibility index (Phi) is 9.07. The van der Waals surface area contributed by atoms with E-state index in [1.165, 1.54) is 17.0 Å². The van der Waals surface area contributed by atoms with E-state index in [0.29, 0.717) is 22.6 Å². The van der Waals surface area contributed by atoms with Gasteiger partial charge in [0.15, 0.2) is 6.61 Å². The summed E-state index contributed by atoms with van der Waals surface area (Å²) in [5.41, 5.74) is 2.12. The zero-order valence-corrected chi connectivity index (χ0v) is 21.0. The van der Waals surface area contributed by atoms with Crippen LogP contribution < -0.4 is 14.8 Å². The lowest BCUT2D eigenvalue weighted by Gasteiger charge is -2.31. The van der Waals surface area contributed by atoms with Crippen LogP contribution in [0, 0.1) is 5.82 Å². The molecule has 0 aliphatic rings. The summed E-state index contributed by atoms with van der Waals surface area (Å²) < 4.78 is 24.7. The molecule has 4 rings (SSSR count). The molecule has 0 bridgehead atoms. The summed E-state index contributed by atoms with van der Waals surface area (Å²) in [5, 5.41) is 2.96. The van der Waals surface area contributed by atoms with E-state index in [0.717, 1.165) is 5.56 Å². The fourth-order valence-electron chi connectivity index (χ4n) is 4.09. The van der Waals surface area contributed by atoms with Gasteiger partial charge >= 0.3 is 0 Å². The average Bonchev–Trinajstić information content (AvgIpc) is 2.96. The van der Waals surface area contributed by atoms with Crippen LogP contribution in [0.25, 0.3) is 0 Å². The Labute approximate surface area is 221 Å². The molecule has 0 saturated heterocycles. The lowest BCUT2D eigenvalue weighted by molar-refractivity contribution is -0.143. The Morgan fingerprint density at radius 1 is 0.842 bits per heavy atom. The van der Waals surface area contributed by atoms with Crippen molar-refractivity contribution in [3.8, 4) is 11.5 Å². The number of benzene rings is 4. The Morgan fingerprint density at radius 2 is 1.47 bits per heavy atom. The molecule has 6 nitrogen and oxygen atoms in total. The lowest BCUT2D eigenvalue weighted by Crippen LogP contribution is -2.45. The van der Waals surface area contributed by atoms with Crippen LogP contribution in [-0.4, -0.2) is 30.4 Å². The summed E-state index contributed by atoms with van der Waals surface area (Å²) in [5.74, 6) is 0.0592. The predicted octanol–water partition coefficient (Wildman–Crippen LogP) is 5.30. The Hall–Kier alpha value is -4.65. The number of amides is 2. The number of hydrogen-bond acceptors (Lipinski definition) is 4. The molecule has 0 heterocycles. The second-order valence-corrected chi connectivity index (χ2v) is 8.59. The molecule has 0 aromatic heterocycles. The molecule has 38 heavy (non-hydrogen) atoms. The summed E-state index contributed by atoms with van der Waals surface area (Å²) in [6, 6.07) is 30.4. The molecular formula is C31H29FN2O4. The zero-order chi connectivity index (χ0) is 26.7. The highest BCUT2D eigenvalue weighted by molar-refractivity contribution is 5.89. The van der Waals surface area contributed by atoms with Crippen LogP contribution in [0.3, 0.4) is 0 Å². The number of carbonyl (C=O) groups is 2. The maximum atomic E-state index is 13.7. The number of para-hydroxylation sites is 2. The van der Waals surface area contributed by atoms with Crippen LogP contribution in [0.1, 0.15) is 22.7 Å². The zero-order valence-electron chi connectivity index (χ0n) is 21.0. The smallest absolute Gasteiger partial charge is 0.261 e. The van der Waals surface area contributed by atoms with Crippen molar-refractivity contribution in [2.75, 3.05) is 13.7 Å². The standard InChI is InChI=1S/C31H29FN2O4/c1-37-28-15-9-8-12-25(28)20-33-31(36)30(24-10-4-2-5-11-24)34(21-23-16-18-26(32)19-17-23)29(35)22-38-27-13-6-3-7-14-27/h2-19,30H,20-22H2,1H3,(H,33,36). The van der Waals surface area contributed by atoms with E-state index in [4.69, 9.17) is 9.47 Å². The number of ether oxygens (including phenoxy) is 2. The number of rotatable bonds is 11. The van der Waals surface area contributed by atoms with Crippen molar-refractivity contribution in [3.05, 3.63) is 132 Å². The lowest BCUT2D eigenvalue weighted by atomic mass is 10.0. The molecular weight excluding hydrogens is 483 g/mol. The van der Waals surface area contributed by atoms with E-state index in [1.54, 1.807) is 43.5 Å². The van der Waals surface area contributed by atoms with Gasteiger partial charge in [0.2, 0.25) is 5.91 Å². The van der Waals surface area contributed by atoms with Crippen LogP contribution in [0.2, 0.25) is 0 Å². The number of nitrogens with zero attached hydrogens (tertiary/aromatic N) is 1. The van der Waals surface area contributed by atoms with Crippen LogP contribution in [0.5, 0.6) is 11.5 Å². The van der Waals surface area contributed by atoms with Gasteiger partial charge in [-0.15, -0.1) is 0 Å². The largest absolute Gasteiger partial charge is 0.496 e. The Balaban J connectivity index is 1.63. The van der Waals surface area contributed by atoms with Gasteiger partial charge in [0.05, 0.1) is 7.11 Å². The predicted molar refractivity (Wildman–Crippen MR) is 143 cm³/mol. The molecule has 0 saturated carbocycles. The number of nitrogens with one attached hydrogen (secondary N) is 1. The third kappa shape index (κ3) is 6.97. The van der Waals surface area contributed by atoms with E-state index in [1.807, 2.05) is 60.7 Å². The molecule has 0 fully saturated rings. The SMILES string of the molecule is COc1ccccc1CNC(=O)C(c1ccccc1)N(Cc1ccc(F)cc1)C(=O)COc1ccccc1. The first kappa shape index (κ1) is 26.4. The van der Waals surface area contributed by atoms with Gasteiger partial charge in [0.25, 0.3) is 5.91 Å². The number of hydrogen-bond donors (Lipinski definition) is 1. The van der Waals surface area contributed by atoms with Gasteiger partial charge in [-0.25, -0.2) is 4.39 Å². The molecule has 7 heteroatoms. The number of methoxy groups -OCH3 is 1. The highest BCUT2D eigenvalue weighted by atomic mass is 19.1.